The van der Waals surface area contributed by atoms with Gasteiger partial charge >= 0.3 is 0 Å². The Labute approximate surface area is 166 Å². The lowest BCUT2D eigenvalue weighted by Gasteiger charge is -2.32. The number of hydrogen-bond acceptors (Lipinski definition) is 4. The zero-order chi connectivity index (χ0) is 19.8. The van der Waals surface area contributed by atoms with Gasteiger partial charge in [0.25, 0.3) is 5.56 Å². The van der Waals surface area contributed by atoms with Crippen LogP contribution >= 0.6 is 0 Å². The maximum atomic E-state index is 12.2. The molecule has 1 aromatic heterocycles. The molecule has 6 heteroatoms. The van der Waals surface area contributed by atoms with E-state index in [1.807, 2.05) is 31.2 Å². The van der Waals surface area contributed by atoms with E-state index in [0.29, 0.717) is 26.1 Å². The Kier molecular flexibility index (Phi) is 7.39. The number of nitrogens with zero attached hydrogens (tertiary/aromatic N) is 2. The number of nitrogens with one attached hydrogen (secondary N) is 1. The van der Waals surface area contributed by atoms with Crippen molar-refractivity contribution < 1.29 is 9.53 Å². The lowest BCUT2D eigenvalue weighted by atomic mass is 10.1. The van der Waals surface area contributed by atoms with E-state index < -0.39 is 0 Å². The summed E-state index contributed by atoms with van der Waals surface area (Å²) in [6, 6.07) is 15.6. The summed E-state index contributed by atoms with van der Waals surface area (Å²) in [5.41, 5.74) is 2.22. The third kappa shape index (κ3) is 6.04. The van der Waals surface area contributed by atoms with Gasteiger partial charge in [0.05, 0.1) is 19.1 Å². The van der Waals surface area contributed by atoms with Crippen molar-refractivity contribution >= 4 is 5.91 Å². The molecular formula is C22H29N3O3. The lowest BCUT2D eigenvalue weighted by Crippen LogP contribution is -2.44. The van der Waals surface area contributed by atoms with Crippen molar-refractivity contribution in [2.75, 3.05) is 26.2 Å². The zero-order valence-corrected chi connectivity index (χ0v) is 16.5. The van der Waals surface area contributed by atoms with Gasteiger partial charge in [0.15, 0.2) is 0 Å². The third-order valence-electron chi connectivity index (χ3n) is 5.03. The van der Waals surface area contributed by atoms with Gasteiger partial charge in [-0.25, -0.2) is 0 Å². The number of carbonyl (C=O) groups excluding carboxylic acids is 1. The normalized spacial score (nSPS) is 17.4. The molecule has 1 aliphatic rings. The van der Waals surface area contributed by atoms with Crippen LogP contribution in [0.5, 0.6) is 0 Å². The van der Waals surface area contributed by atoms with E-state index in [2.05, 4.69) is 22.3 Å². The summed E-state index contributed by atoms with van der Waals surface area (Å²) >= 11 is 0. The minimum absolute atomic E-state index is 0.000407. The number of carbonyl (C=O) groups is 1. The first-order chi connectivity index (χ1) is 13.6. The van der Waals surface area contributed by atoms with Crippen LogP contribution in [0.2, 0.25) is 0 Å². The van der Waals surface area contributed by atoms with Gasteiger partial charge in [0.2, 0.25) is 5.91 Å². The second-order valence-corrected chi connectivity index (χ2v) is 7.28. The summed E-state index contributed by atoms with van der Waals surface area (Å²) in [7, 11) is 0. The number of rotatable bonds is 8. The summed E-state index contributed by atoms with van der Waals surface area (Å²) in [5.74, 6) is 0.00342. The fourth-order valence-electron chi connectivity index (χ4n) is 3.54. The number of pyridine rings is 1. The first kappa shape index (κ1) is 20.3. The molecule has 2 heterocycles. The van der Waals surface area contributed by atoms with Gasteiger partial charge in [0, 0.05) is 44.5 Å². The molecule has 0 aliphatic carbocycles. The van der Waals surface area contributed by atoms with E-state index in [1.165, 1.54) is 5.56 Å². The maximum absolute atomic E-state index is 12.2. The summed E-state index contributed by atoms with van der Waals surface area (Å²) in [5, 5.41) is 2.95. The number of aryl methyl sites for hydroxylation is 1. The number of amides is 1. The minimum atomic E-state index is -0.0727. The predicted octanol–water partition coefficient (Wildman–Crippen LogP) is 1.95. The molecule has 28 heavy (non-hydrogen) atoms. The molecule has 2 aromatic rings. The second-order valence-electron chi connectivity index (χ2n) is 7.28. The Morgan fingerprint density at radius 3 is 2.79 bits per heavy atom. The number of aromatic nitrogens is 1. The molecule has 1 saturated heterocycles. The average molecular weight is 383 g/mol. The molecule has 3 rings (SSSR count). The second kappa shape index (κ2) is 10.2. The van der Waals surface area contributed by atoms with Crippen molar-refractivity contribution in [3.05, 3.63) is 70.1 Å². The smallest absolute Gasteiger partial charge is 0.250 e. The lowest BCUT2D eigenvalue weighted by molar-refractivity contribution is -0.126. The molecule has 1 fully saturated rings. The molecule has 1 aromatic carbocycles. The summed E-state index contributed by atoms with van der Waals surface area (Å²) < 4.78 is 7.51. The average Bonchev–Trinajstić information content (AvgIpc) is 2.68. The Morgan fingerprint density at radius 1 is 1.18 bits per heavy atom. The Morgan fingerprint density at radius 2 is 2.00 bits per heavy atom. The third-order valence-corrected chi connectivity index (χ3v) is 5.03. The fraction of sp³-hybridized carbons (Fsp3) is 0.455. The first-order valence-corrected chi connectivity index (χ1v) is 9.93. The van der Waals surface area contributed by atoms with Gasteiger partial charge in [-0.3, -0.25) is 14.5 Å². The highest BCUT2D eigenvalue weighted by molar-refractivity contribution is 5.76. The zero-order valence-electron chi connectivity index (χ0n) is 16.5. The summed E-state index contributed by atoms with van der Waals surface area (Å²) in [6.45, 7) is 6.27. The van der Waals surface area contributed by atoms with Crippen LogP contribution in [-0.2, 0) is 22.6 Å². The van der Waals surface area contributed by atoms with E-state index in [-0.39, 0.29) is 17.6 Å². The van der Waals surface area contributed by atoms with Crippen LogP contribution in [0.15, 0.2) is 53.3 Å². The monoisotopic (exact) mass is 383 g/mol. The SMILES string of the molecule is Cc1cccc(=O)n1CCCNC(=O)CC1CN(Cc2ccccc2)CCO1. The topological polar surface area (TPSA) is 63.6 Å². The molecule has 150 valence electrons. The maximum Gasteiger partial charge on any atom is 0.250 e. The van der Waals surface area contributed by atoms with Gasteiger partial charge in [-0.05, 0) is 25.0 Å². The van der Waals surface area contributed by atoms with Crippen molar-refractivity contribution in [1.29, 1.82) is 0 Å². The van der Waals surface area contributed by atoms with Crippen LogP contribution in [0, 0.1) is 6.92 Å². The van der Waals surface area contributed by atoms with Gasteiger partial charge in [-0.15, -0.1) is 0 Å². The molecule has 1 aliphatic heterocycles. The van der Waals surface area contributed by atoms with Crippen molar-refractivity contribution in [2.24, 2.45) is 0 Å². The van der Waals surface area contributed by atoms with Gasteiger partial charge in [0.1, 0.15) is 0 Å². The quantitative estimate of drug-likeness (QED) is 0.708. The molecule has 1 N–H and O–H groups in total. The molecule has 0 radical (unpaired) electrons. The molecule has 0 bridgehead atoms. The van der Waals surface area contributed by atoms with Crippen molar-refractivity contribution in [1.82, 2.24) is 14.8 Å². The molecule has 1 unspecified atom stereocenters. The molecule has 6 nitrogen and oxygen atoms in total. The van der Waals surface area contributed by atoms with E-state index in [4.69, 9.17) is 4.74 Å². The number of benzene rings is 1. The van der Waals surface area contributed by atoms with Crippen LogP contribution in [-0.4, -0.2) is 47.7 Å². The fourth-order valence-corrected chi connectivity index (χ4v) is 3.54. The largest absolute Gasteiger partial charge is 0.375 e. The van der Waals surface area contributed by atoms with Crippen molar-refractivity contribution in [3.8, 4) is 0 Å². The highest BCUT2D eigenvalue weighted by Gasteiger charge is 2.22. The van der Waals surface area contributed by atoms with Gasteiger partial charge in [-0.1, -0.05) is 36.4 Å². The van der Waals surface area contributed by atoms with Gasteiger partial charge < -0.3 is 14.6 Å². The highest BCUT2D eigenvalue weighted by Crippen LogP contribution is 2.12. The predicted molar refractivity (Wildman–Crippen MR) is 109 cm³/mol. The molecular weight excluding hydrogens is 354 g/mol. The van der Waals surface area contributed by atoms with E-state index in [0.717, 1.165) is 31.7 Å². The van der Waals surface area contributed by atoms with E-state index in [1.54, 1.807) is 16.7 Å². The summed E-state index contributed by atoms with van der Waals surface area (Å²) in [6.07, 6.45) is 1.02. The van der Waals surface area contributed by atoms with Crippen LogP contribution < -0.4 is 10.9 Å². The Bertz CT molecular complexity index is 819. The van der Waals surface area contributed by atoms with E-state index >= 15 is 0 Å². The first-order valence-electron chi connectivity index (χ1n) is 9.93. The van der Waals surface area contributed by atoms with E-state index in [9.17, 15) is 9.59 Å². The molecule has 0 spiro atoms. The molecule has 1 amide bonds. The number of ether oxygens (including phenoxy) is 1. The van der Waals surface area contributed by atoms with Crippen molar-refractivity contribution in [3.63, 3.8) is 0 Å². The highest BCUT2D eigenvalue weighted by atomic mass is 16.5. The van der Waals surface area contributed by atoms with Crippen LogP contribution in [0.1, 0.15) is 24.1 Å². The number of hydrogen-bond donors (Lipinski definition) is 1. The molecule has 1 atom stereocenters. The standard InChI is InChI=1S/C22H29N3O3/c1-18-7-5-10-22(27)25(18)12-6-11-23-21(26)15-20-17-24(13-14-28-20)16-19-8-3-2-4-9-19/h2-5,7-10,20H,6,11-17H2,1H3,(H,23,26). The molecule has 0 saturated carbocycles. The van der Waals surface area contributed by atoms with Crippen LogP contribution in [0.4, 0.5) is 0 Å². The Balaban J connectivity index is 1.38. The Hall–Kier alpha value is -2.44. The van der Waals surface area contributed by atoms with Crippen molar-refractivity contribution in [2.45, 2.75) is 39.0 Å². The van der Waals surface area contributed by atoms with Gasteiger partial charge in [-0.2, -0.15) is 0 Å². The minimum Gasteiger partial charge on any atom is -0.375 e. The number of morpholine rings is 1. The summed E-state index contributed by atoms with van der Waals surface area (Å²) in [4.78, 5) is 26.4. The van der Waals surface area contributed by atoms with Crippen LogP contribution in [0.3, 0.4) is 0 Å². The van der Waals surface area contributed by atoms with Crippen LogP contribution in [0.25, 0.3) is 0 Å².